The van der Waals surface area contributed by atoms with E-state index in [-0.39, 0.29) is 12.3 Å². The van der Waals surface area contributed by atoms with Crippen molar-refractivity contribution in [3.63, 3.8) is 0 Å². The zero-order chi connectivity index (χ0) is 22.3. The van der Waals surface area contributed by atoms with Crippen LogP contribution in [-0.4, -0.2) is 46.9 Å². The van der Waals surface area contributed by atoms with E-state index in [1.807, 2.05) is 6.26 Å². The number of nitrogens with zero attached hydrogens (tertiary/aromatic N) is 2. The molecule has 0 heterocycles. The van der Waals surface area contributed by atoms with Crippen molar-refractivity contribution < 1.29 is 24.2 Å². The van der Waals surface area contributed by atoms with Gasteiger partial charge in [0.15, 0.2) is 0 Å². The van der Waals surface area contributed by atoms with Crippen molar-refractivity contribution in [2.45, 2.75) is 44.6 Å². The Balaban J connectivity index is 2.19. The van der Waals surface area contributed by atoms with Crippen LogP contribution in [0.15, 0.2) is 18.2 Å². The van der Waals surface area contributed by atoms with E-state index in [9.17, 15) is 29.8 Å². The van der Waals surface area contributed by atoms with Gasteiger partial charge in [-0.1, -0.05) is 12.5 Å². The molecule has 164 valence electrons. The van der Waals surface area contributed by atoms with Crippen LogP contribution in [0.2, 0.25) is 0 Å². The number of nitrogens with one attached hydrogen (secondary N) is 1. The van der Waals surface area contributed by atoms with Crippen LogP contribution in [0.3, 0.4) is 0 Å². The second-order valence-corrected chi connectivity index (χ2v) is 8.31. The highest BCUT2D eigenvalue weighted by Crippen LogP contribution is 2.45. The van der Waals surface area contributed by atoms with Crippen molar-refractivity contribution in [1.82, 2.24) is 5.32 Å². The van der Waals surface area contributed by atoms with Gasteiger partial charge in [-0.3, -0.25) is 25.0 Å². The molecule has 1 atom stereocenters. The first-order valence-corrected chi connectivity index (χ1v) is 10.9. The fourth-order valence-corrected chi connectivity index (χ4v) is 4.06. The third-order valence-corrected chi connectivity index (χ3v) is 6.16. The molecule has 10 nitrogen and oxygen atoms in total. The average Bonchev–Trinajstić information content (AvgIpc) is 2.68. The Labute approximate surface area is 178 Å². The van der Waals surface area contributed by atoms with E-state index in [1.165, 1.54) is 13.2 Å². The van der Waals surface area contributed by atoms with Crippen LogP contribution in [-0.2, 0) is 20.7 Å². The Kier molecular flexibility index (Phi) is 8.16. The van der Waals surface area contributed by atoms with Crippen molar-refractivity contribution in [3.05, 3.63) is 44.0 Å². The fraction of sp³-hybridized carbons (Fsp3) is 0.579. The molecule has 1 amide bonds. The number of hydrogen-bond donors (Lipinski definition) is 1. The SMILES string of the molecule is COC(=O)C(Cc1ccc([N+](=O)[O-])c([N+](=O)[O-])c1)NC(=O)C1(CCCSC)CCC1. The molecule has 1 unspecified atom stereocenters. The first kappa shape index (κ1) is 23.6. The van der Waals surface area contributed by atoms with Crippen LogP contribution in [0.1, 0.15) is 37.7 Å². The summed E-state index contributed by atoms with van der Waals surface area (Å²) in [6.07, 6.45) is 6.02. The molecule has 1 fully saturated rings. The van der Waals surface area contributed by atoms with Crippen LogP contribution >= 0.6 is 11.8 Å². The van der Waals surface area contributed by atoms with Crippen LogP contribution in [0.25, 0.3) is 0 Å². The Bertz CT molecular complexity index is 826. The molecule has 1 aromatic carbocycles. The van der Waals surface area contributed by atoms with Crippen LogP contribution in [0.5, 0.6) is 0 Å². The van der Waals surface area contributed by atoms with Gasteiger partial charge in [0.2, 0.25) is 5.91 Å². The number of amides is 1. The van der Waals surface area contributed by atoms with E-state index in [2.05, 4.69) is 5.32 Å². The van der Waals surface area contributed by atoms with Gasteiger partial charge in [-0.2, -0.15) is 11.8 Å². The van der Waals surface area contributed by atoms with Crippen molar-refractivity contribution in [2.24, 2.45) is 5.41 Å². The Hall–Kier alpha value is -2.69. The summed E-state index contributed by atoms with van der Waals surface area (Å²) < 4.78 is 4.79. The van der Waals surface area contributed by atoms with E-state index in [0.29, 0.717) is 5.56 Å². The van der Waals surface area contributed by atoms with Gasteiger partial charge >= 0.3 is 17.3 Å². The topological polar surface area (TPSA) is 142 Å². The molecule has 1 aliphatic rings. The maximum Gasteiger partial charge on any atom is 0.346 e. The molecule has 0 aromatic heterocycles. The molecular weight excluding hydrogens is 414 g/mol. The maximum atomic E-state index is 13.0. The van der Waals surface area contributed by atoms with Gasteiger partial charge in [-0.15, -0.1) is 0 Å². The molecule has 1 N–H and O–H groups in total. The standard InChI is InChI=1S/C19H25N3O7S/c1-29-17(23)14(20-18(24)19(7-3-8-19)9-4-10-30-2)11-13-5-6-15(21(25)26)16(12-13)22(27)28/h5-6,12,14H,3-4,7-11H2,1-2H3,(H,20,24). The van der Waals surface area contributed by atoms with E-state index >= 15 is 0 Å². The number of nitro benzene ring substituents is 2. The molecule has 0 aliphatic heterocycles. The molecule has 0 bridgehead atoms. The lowest BCUT2D eigenvalue weighted by Gasteiger charge is -2.41. The minimum absolute atomic E-state index is 0.0713. The number of methoxy groups -OCH3 is 1. The van der Waals surface area contributed by atoms with E-state index < -0.39 is 38.6 Å². The first-order valence-electron chi connectivity index (χ1n) is 9.53. The first-order chi connectivity index (χ1) is 14.2. The van der Waals surface area contributed by atoms with Crippen LogP contribution < -0.4 is 5.32 Å². The largest absolute Gasteiger partial charge is 0.467 e. The molecule has 2 rings (SSSR count). The summed E-state index contributed by atoms with van der Waals surface area (Å²) in [6.45, 7) is 0. The third-order valence-electron chi connectivity index (χ3n) is 5.46. The molecule has 0 spiro atoms. The zero-order valence-electron chi connectivity index (χ0n) is 16.9. The van der Waals surface area contributed by atoms with Crippen LogP contribution in [0, 0.1) is 25.6 Å². The van der Waals surface area contributed by atoms with Crippen molar-refractivity contribution >= 4 is 35.0 Å². The predicted octanol–water partition coefficient (Wildman–Crippen LogP) is 3.02. The molecule has 30 heavy (non-hydrogen) atoms. The number of hydrogen-bond acceptors (Lipinski definition) is 8. The average molecular weight is 439 g/mol. The normalized spacial score (nSPS) is 15.5. The summed E-state index contributed by atoms with van der Waals surface area (Å²) in [4.78, 5) is 45.7. The van der Waals surface area contributed by atoms with Gasteiger partial charge in [0.1, 0.15) is 6.04 Å². The Morgan fingerprint density at radius 1 is 1.23 bits per heavy atom. The number of thioether (sulfide) groups is 1. The lowest BCUT2D eigenvalue weighted by molar-refractivity contribution is -0.422. The van der Waals surface area contributed by atoms with Gasteiger partial charge in [0, 0.05) is 24.0 Å². The fourth-order valence-electron chi connectivity index (χ4n) is 3.63. The summed E-state index contributed by atoms with van der Waals surface area (Å²) in [5, 5.41) is 24.9. The molecule has 1 aromatic rings. The summed E-state index contributed by atoms with van der Waals surface area (Å²) in [6, 6.07) is 2.38. The molecular formula is C19H25N3O7S. The Morgan fingerprint density at radius 3 is 2.40 bits per heavy atom. The second kappa shape index (κ2) is 10.4. The number of ether oxygens (including phenoxy) is 1. The van der Waals surface area contributed by atoms with Crippen molar-refractivity contribution in [3.8, 4) is 0 Å². The summed E-state index contributed by atoms with van der Waals surface area (Å²) in [7, 11) is 1.19. The molecule has 0 saturated heterocycles. The van der Waals surface area contributed by atoms with Crippen molar-refractivity contribution in [1.29, 1.82) is 0 Å². The van der Waals surface area contributed by atoms with Gasteiger partial charge in [0.25, 0.3) is 0 Å². The number of esters is 1. The number of nitro groups is 2. The quantitative estimate of drug-likeness (QED) is 0.240. The minimum Gasteiger partial charge on any atom is -0.467 e. The maximum absolute atomic E-state index is 13.0. The monoisotopic (exact) mass is 439 g/mol. The molecule has 1 aliphatic carbocycles. The molecule has 0 radical (unpaired) electrons. The van der Waals surface area contributed by atoms with Gasteiger partial charge in [0.05, 0.1) is 17.0 Å². The number of rotatable bonds is 11. The van der Waals surface area contributed by atoms with E-state index in [0.717, 1.165) is 50.0 Å². The van der Waals surface area contributed by atoms with Gasteiger partial charge < -0.3 is 10.1 Å². The summed E-state index contributed by atoms with van der Waals surface area (Å²) in [5.41, 5.74) is -1.48. The smallest absolute Gasteiger partial charge is 0.346 e. The van der Waals surface area contributed by atoms with Crippen LogP contribution in [0.4, 0.5) is 11.4 Å². The van der Waals surface area contributed by atoms with E-state index in [1.54, 1.807) is 11.8 Å². The highest BCUT2D eigenvalue weighted by Gasteiger charge is 2.44. The van der Waals surface area contributed by atoms with Gasteiger partial charge in [-0.25, -0.2) is 4.79 Å². The lowest BCUT2D eigenvalue weighted by Crippen LogP contribution is -2.52. The van der Waals surface area contributed by atoms with Crippen molar-refractivity contribution in [2.75, 3.05) is 19.1 Å². The third kappa shape index (κ3) is 5.47. The predicted molar refractivity (Wildman–Crippen MR) is 111 cm³/mol. The molecule has 11 heteroatoms. The van der Waals surface area contributed by atoms with Gasteiger partial charge in [-0.05, 0) is 43.3 Å². The summed E-state index contributed by atoms with van der Waals surface area (Å²) >= 11 is 1.71. The second-order valence-electron chi connectivity index (χ2n) is 7.32. The highest BCUT2D eigenvalue weighted by molar-refractivity contribution is 7.98. The zero-order valence-corrected chi connectivity index (χ0v) is 17.7. The lowest BCUT2D eigenvalue weighted by atomic mass is 9.65. The highest BCUT2D eigenvalue weighted by atomic mass is 32.2. The number of benzene rings is 1. The summed E-state index contributed by atoms with van der Waals surface area (Å²) in [5.74, 6) is 0.0478. The number of carbonyl (C=O) groups excluding carboxylic acids is 2. The van der Waals surface area contributed by atoms with E-state index in [4.69, 9.17) is 4.74 Å². The Morgan fingerprint density at radius 2 is 1.90 bits per heavy atom. The number of carbonyl (C=O) groups is 2. The minimum atomic E-state index is -1.04. The molecule has 1 saturated carbocycles.